The van der Waals surface area contributed by atoms with Crippen LogP contribution in [0.2, 0.25) is 0 Å². The highest BCUT2D eigenvalue weighted by Gasteiger charge is 2.24. The summed E-state index contributed by atoms with van der Waals surface area (Å²) in [6.45, 7) is 12.1. The third kappa shape index (κ3) is 2.91. The molecule has 4 aromatic rings. The predicted molar refractivity (Wildman–Crippen MR) is 122 cm³/mol. The fourth-order valence-corrected chi connectivity index (χ4v) is 5.30. The first-order chi connectivity index (χ1) is 14.6. The number of pyridine rings is 1. The number of hydrogen-bond acceptors (Lipinski definition) is 1. The van der Waals surface area contributed by atoms with Gasteiger partial charge in [-0.05, 0) is 67.5 Å². The van der Waals surface area contributed by atoms with Gasteiger partial charge in [0.15, 0.2) is 11.9 Å². The van der Waals surface area contributed by atoms with Crippen LogP contribution in [-0.2, 0) is 7.05 Å². The van der Waals surface area contributed by atoms with Crippen molar-refractivity contribution in [1.82, 2.24) is 0 Å². The smallest absolute Gasteiger partial charge is 0.216 e. The molecular weight excluding hydrogens is 368 g/mol. The molecule has 2 heterocycles. The Morgan fingerprint density at radius 1 is 1.03 bits per heavy atom. The summed E-state index contributed by atoms with van der Waals surface area (Å²) >= 11 is 0. The molecule has 0 spiro atoms. The second-order valence-corrected chi connectivity index (χ2v) is 8.74. The average molecular weight is 396 g/mol. The van der Waals surface area contributed by atoms with Gasteiger partial charge in [-0.15, -0.1) is 0 Å². The zero-order valence-corrected chi connectivity index (χ0v) is 18.0. The van der Waals surface area contributed by atoms with Crippen LogP contribution < -0.4 is 4.57 Å². The van der Waals surface area contributed by atoms with Crippen LogP contribution in [0.5, 0.6) is 0 Å². The van der Waals surface area contributed by atoms with Crippen LogP contribution in [-0.4, -0.2) is 0 Å². The Kier molecular flexibility index (Phi) is 4.59. The predicted octanol–water partition coefficient (Wildman–Crippen LogP) is 7.29. The molecule has 2 aromatic heterocycles. The van der Waals surface area contributed by atoms with E-state index < -0.39 is 0 Å². The quantitative estimate of drug-likeness (QED) is 0.258. The van der Waals surface area contributed by atoms with Crippen molar-refractivity contribution >= 4 is 27.6 Å². The van der Waals surface area contributed by atoms with Gasteiger partial charge in [0.2, 0.25) is 5.69 Å². The molecule has 1 saturated carbocycles. The van der Waals surface area contributed by atoms with Gasteiger partial charge in [0, 0.05) is 22.9 Å². The highest BCUT2D eigenvalue weighted by Crippen LogP contribution is 2.44. The topological polar surface area (TPSA) is 21.4 Å². The Morgan fingerprint density at radius 3 is 2.57 bits per heavy atom. The second-order valence-electron chi connectivity index (χ2n) is 8.74. The molecule has 0 saturated heterocycles. The Hall–Kier alpha value is -3.12. The van der Waals surface area contributed by atoms with Crippen molar-refractivity contribution in [2.24, 2.45) is 7.05 Å². The number of aryl methyl sites for hydroxylation is 3. The van der Waals surface area contributed by atoms with Gasteiger partial charge in [0.25, 0.3) is 0 Å². The van der Waals surface area contributed by atoms with Crippen LogP contribution >= 0.6 is 0 Å². The minimum absolute atomic E-state index is 0.481. The van der Waals surface area contributed by atoms with E-state index in [0.717, 1.165) is 38.9 Å². The summed E-state index contributed by atoms with van der Waals surface area (Å²) in [5.41, 5.74) is 8.49. The van der Waals surface area contributed by atoms with E-state index in [1.54, 1.807) is 0 Å². The molecule has 3 heteroatoms. The van der Waals surface area contributed by atoms with Gasteiger partial charge in [-0.1, -0.05) is 25.3 Å². The lowest BCUT2D eigenvalue weighted by Crippen LogP contribution is -2.30. The lowest BCUT2D eigenvalue weighted by molar-refractivity contribution is -0.660. The van der Waals surface area contributed by atoms with Crippen LogP contribution in [0.4, 0.5) is 5.69 Å². The molecule has 0 bridgehead atoms. The van der Waals surface area contributed by atoms with Crippen molar-refractivity contribution in [3.8, 4) is 11.3 Å². The summed E-state index contributed by atoms with van der Waals surface area (Å²) in [5.74, 6) is 0.481. The monoisotopic (exact) mass is 395 g/mol. The number of aromatic nitrogens is 1. The fraction of sp³-hybridized carbons (Fsp3) is 0.333. The van der Waals surface area contributed by atoms with E-state index in [9.17, 15) is 0 Å². The molecule has 2 aromatic carbocycles. The summed E-state index contributed by atoms with van der Waals surface area (Å²) in [6.07, 6.45) is 8.25. The van der Waals surface area contributed by atoms with Gasteiger partial charge in [-0.3, -0.25) is 0 Å². The molecule has 1 aliphatic rings. The molecule has 150 valence electrons. The van der Waals surface area contributed by atoms with Crippen molar-refractivity contribution in [2.45, 2.75) is 51.9 Å². The van der Waals surface area contributed by atoms with E-state index in [4.69, 9.17) is 11.0 Å². The highest BCUT2D eigenvalue weighted by atomic mass is 16.3. The molecule has 0 unspecified atom stereocenters. The summed E-state index contributed by atoms with van der Waals surface area (Å²) in [5, 5.41) is 2.20. The molecule has 0 radical (unpaired) electrons. The summed E-state index contributed by atoms with van der Waals surface area (Å²) in [7, 11) is 2.07. The Bertz CT molecular complexity index is 1320. The first-order valence-corrected chi connectivity index (χ1v) is 10.9. The lowest BCUT2D eigenvalue weighted by atomic mass is 9.83. The normalized spacial score (nSPS) is 15.0. The Labute approximate surface area is 177 Å². The molecule has 1 aliphatic carbocycles. The molecule has 5 rings (SSSR count). The van der Waals surface area contributed by atoms with Crippen LogP contribution in [0.3, 0.4) is 0 Å². The van der Waals surface area contributed by atoms with Gasteiger partial charge in [0.1, 0.15) is 18.2 Å². The van der Waals surface area contributed by atoms with E-state index in [0.29, 0.717) is 5.92 Å². The Balaban J connectivity index is 1.83. The molecule has 0 N–H and O–H groups in total. The molecule has 0 atom stereocenters. The number of benzene rings is 2. The minimum Gasteiger partial charge on any atom is -0.455 e. The number of furan rings is 1. The third-order valence-electron chi connectivity index (χ3n) is 6.76. The van der Waals surface area contributed by atoms with E-state index in [1.807, 2.05) is 6.07 Å². The van der Waals surface area contributed by atoms with Gasteiger partial charge in [-0.25, -0.2) is 9.41 Å². The van der Waals surface area contributed by atoms with Crippen LogP contribution in [0.1, 0.15) is 54.7 Å². The van der Waals surface area contributed by atoms with Crippen molar-refractivity contribution in [3.63, 3.8) is 0 Å². The second kappa shape index (κ2) is 7.29. The van der Waals surface area contributed by atoms with Crippen molar-refractivity contribution in [3.05, 3.63) is 70.7 Å². The van der Waals surface area contributed by atoms with E-state index in [2.05, 4.69) is 66.8 Å². The molecular formula is C27H27N2O+. The molecule has 3 nitrogen and oxygen atoms in total. The number of fused-ring (bicyclic) bond motifs is 3. The van der Waals surface area contributed by atoms with Crippen molar-refractivity contribution < 1.29 is 8.98 Å². The summed E-state index contributed by atoms with van der Waals surface area (Å²) in [4.78, 5) is 3.93. The Morgan fingerprint density at radius 2 is 1.83 bits per heavy atom. The van der Waals surface area contributed by atoms with Gasteiger partial charge >= 0.3 is 0 Å². The van der Waals surface area contributed by atoms with Crippen molar-refractivity contribution in [1.29, 1.82) is 0 Å². The van der Waals surface area contributed by atoms with Crippen molar-refractivity contribution in [2.75, 3.05) is 0 Å². The summed E-state index contributed by atoms with van der Waals surface area (Å²) < 4.78 is 8.71. The van der Waals surface area contributed by atoms with Gasteiger partial charge in [-0.2, -0.15) is 0 Å². The number of nitrogens with zero attached hydrogens (tertiary/aromatic N) is 2. The number of hydrogen-bond donors (Lipinski definition) is 0. The van der Waals surface area contributed by atoms with E-state index in [-0.39, 0.29) is 0 Å². The molecule has 1 fully saturated rings. The zero-order chi connectivity index (χ0) is 20.8. The number of rotatable bonds is 2. The average Bonchev–Trinajstić information content (AvgIpc) is 3.13. The lowest BCUT2D eigenvalue weighted by Gasteiger charge is -2.23. The van der Waals surface area contributed by atoms with Crippen LogP contribution in [0, 0.1) is 20.4 Å². The van der Waals surface area contributed by atoms with Crippen LogP contribution in [0.25, 0.3) is 38.0 Å². The maximum atomic E-state index is 7.82. The standard InChI is InChI=1S/C27H27N2O/c1-17-14-18(2)26(23-12-8-9-13-29(23)4)27-25(17)21-15-22(28-3)20(16-24(21)30-27)19-10-6-5-7-11-19/h8-9,12-16,19H,5-7,10-11H2,1-2,4H3/q+1. The summed E-state index contributed by atoms with van der Waals surface area (Å²) in [6, 6.07) is 12.7. The van der Waals surface area contributed by atoms with E-state index in [1.165, 1.54) is 48.8 Å². The molecule has 30 heavy (non-hydrogen) atoms. The molecule has 0 aliphatic heterocycles. The molecule has 0 amide bonds. The maximum Gasteiger partial charge on any atom is 0.216 e. The maximum absolute atomic E-state index is 7.82. The largest absolute Gasteiger partial charge is 0.455 e. The first-order valence-electron chi connectivity index (χ1n) is 10.9. The minimum atomic E-state index is 0.481. The fourth-order valence-electron chi connectivity index (χ4n) is 5.30. The SMILES string of the molecule is [C-]#[N+]c1cc2c(cc1C1CCCCC1)oc1c(-c3cccc[n+]3C)c(C)cc(C)c12. The van der Waals surface area contributed by atoms with Gasteiger partial charge in [0.05, 0.1) is 12.1 Å². The van der Waals surface area contributed by atoms with Gasteiger partial charge < -0.3 is 4.42 Å². The first kappa shape index (κ1) is 18.9. The zero-order valence-electron chi connectivity index (χ0n) is 18.0. The highest BCUT2D eigenvalue weighted by molar-refractivity contribution is 6.12. The third-order valence-corrected chi connectivity index (χ3v) is 6.76. The van der Waals surface area contributed by atoms with E-state index >= 15 is 0 Å². The van der Waals surface area contributed by atoms with Crippen LogP contribution in [0.15, 0.2) is 47.0 Å².